The van der Waals surface area contributed by atoms with Crippen molar-refractivity contribution < 1.29 is 9.59 Å². The van der Waals surface area contributed by atoms with E-state index in [0.29, 0.717) is 30.6 Å². The fraction of sp³-hybridized carbons (Fsp3) is 0.500. The van der Waals surface area contributed by atoms with Gasteiger partial charge in [-0.2, -0.15) is 0 Å². The maximum absolute atomic E-state index is 13.1. The summed E-state index contributed by atoms with van der Waals surface area (Å²) in [5.74, 6) is 0.689. The molecular formula is C24H30N6O2. The standard InChI is InChI=1S/C24H30N6O2/c1-17(31)30-14-20(15-30)27-23-12-22(25-16-26-23)24(32)28-10-7-21(8-11-28)29-9-6-18-4-2-3-5-19(18)13-29/h2-5,12,16,20-21H,6-11,13-15H2,1H3,(H,25,26,27). The van der Waals surface area contributed by atoms with Crippen LogP contribution in [0, 0.1) is 0 Å². The van der Waals surface area contributed by atoms with Crippen LogP contribution in [0.2, 0.25) is 0 Å². The molecule has 0 bridgehead atoms. The van der Waals surface area contributed by atoms with Crippen molar-refractivity contribution in [2.75, 3.05) is 38.0 Å². The molecule has 5 rings (SSSR count). The van der Waals surface area contributed by atoms with E-state index in [1.165, 1.54) is 17.5 Å². The van der Waals surface area contributed by atoms with Gasteiger partial charge in [-0.3, -0.25) is 14.5 Å². The minimum atomic E-state index is -0.0307. The van der Waals surface area contributed by atoms with E-state index in [1.54, 1.807) is 17.9 Å². The number of rotatable bonds is 4. The van der Waals surface area contributed by atoms with Crippen LogP contribution in [0.25, 0.3) is 0 Å². The van der Waals surface area contributed by atoms with Gasteiger partial charge in [0.15, 0.2) is 0 Å². The molecule has 0 aliphatic carbocycles. The predicted molar refractivity (Wildman–Crippen MR) is 121 cm³/mol. The minimum absolute atomic E-state index is 0.0307. The van der Waals surface area contributed by atoms with Crippen LogP contribution < -0.4 is 5.32 Å². The van der Waals surface area contributed by atoms with Crippen molar-refractivity contribution in [3.8, 4) is 0 Å². The zero-order chi connectivity index (χ0) is 22.1. The third-order valence-electron chi connectivity index (χ3n) is 6.99. The monoisotopic (exact) mass is 434 g/mol. The number of nitrogens with zero attached hydrogens (tertiary/aromatic N) is 5. The maximum atomic E-state index is 13.1. The van der Waals surface area contributed by atoms with E-state index in [9.17, 15) is 9.59 Å². The lowest BCUT2D eigenvalue weighted by Crippen LogP contribution is -2.56. The predicted octanol–water partition coefficient (Wildman–Crippen LogP) is 1.78. The highest BCUT2D eigenvalue weighted by Crippen LogP contribution is 2.25. The van der Waals surface area contributed by atoms with Gasteiger partial charge in [-0.15, -0.1) is 0 Å². The summed E-state index contributed by atoms with van der Waals surface area (Å²) in [4.78, 5) is 39.1. The lowest BCUT2D eigenvalue weighted by atomic mass is 9.95. The average Bonchev–Trinajstić information content (AvgIpc) is 2.80. The zero-order valence-electron chi connectivity index (χ0n) is 18.5. The fourth-order valence-corrected chi connectivity index (χ4v) is 5.01. The van der Waals surface area contributed by atoms with Crippen LogP contribution in [0.15, 0.2) is 36.7 Å². The summed E-state index contributed by atoms with van der Waals surface area (Å²) < 4.78 is 0. The molecule has 3 aliphatic rings. The molecule has 2 saturated heterocycles. The van der Waals surface area contributed by atoms with Gasteiger partial charge in [0.1, 0.15) is 17.8 Å². The van der Waals surface area contributed by atoms with Crippen LogP contribution >= 0.6 is 0 Å². The summed E-state index contributed by atoms with van der Waals surface area (Å²) in [6.45, 7) is 6.52. The molecule has 2 amide bonds. The summed E-state index contributed by atoms with van der Waals surface area (Å²) in [7, 11) is 0. The van der Waals surface area contributed by atoms with Crippen LogP contribution in [0.1, 0.15) is 41.4 Å². The first-order valence-corrected chi connectivity index (χ1v) is 11.5. The highest BCUT2D eigenvalue weighted by atomic mass is 16.2. The number of hydrogen-bond donors (Lipinski definition) is 1. The molecule has 168 valence electrons. The normalized spacial score (nSPS) is 19.9. The molecule has 0 radical (unpaired) electrons. The number of aromatic nitrogens is 2. The van der Waals surface area contributed by atoms with Crippen LogP contribution in [-0.2, 0) is 17.8 Å². The first kappa shape index (κ1) is 20.9. The summed E-state index contributed by atoms with van der Waals surface area (Å²) in [5, 5.41) is 3.30. The number of piperidine rings is 1. The number of carbonyl (C=O) groups excluding carboxylic acids is 2. The number of hydrogen-bond acceptors (Lipinski definition) is 6. The molecule has 8 nitrogen and oxygen atoms in total. The molecule has 1 aromatic carbocycles. The smallest absolute Gasteiger partial charge is 0.272 e. The van der Waals surface area contributed by atoms with E-state index in [0.717, 1.165) is 45.4 Å². The molecule has 8 heteroatoms. The van der Waals surface area contributed by atoms with Crippen molar-refractivity contribution in [2.24, 2.45) is 0 Å². The van der Waals surface area contributed by atoms with Crippen molar-refractivity contribution in [3.63, 3.8) is 0 Å². The summed E-state index contributed by atoms with van der Waals surface area (Å²) in [6, 6.07) is 11.1. The number of benzene rings is 1. The van der Waals surface area contributed by atoms with Gasteiger partial charge in [-0.25, -0.2) is 9.97 Å². The third kappa shape index (κ3) is 4.32. The first-order chi connectivity index (χ1) is 15.6. The fourth-order valence-electron chi connectivity index (χ4n) is 5.01. The lowest BCUT2D eigenvalue weighted by Gasteiger charge is -2.40. The summed E-state index contributed by atoms with van der Waals surface area (Å²) >= 11 is 0. The molecule has 2 aromatic rings. The number of amides is 2. The van der Waals surface area contributed by atoms with E-state index >= 15 is 0 Å². The van der Waals surface area contributed by atoms with Crippen LogP contribution in [-0.4, -0.2) is 81.3 Å². The maximum Gasteiger partial charge on any atom is 0.272 e. The van der Waals surface area contributed by atoms with Crippen LogP contribution in [0.3, 0.4) is 0 Å². The highest BCUT2D eigenvalue weighted by molar-refractivity contribution is 5.93. The Balaban J connectivity index is 1.14. The van der Waals surface area contributed by atoms with Gasteiger partial charge in [0, 0.05) is 58.3 Å². The van der Waals surface area contributed by atoms with E-state index in [1.807, 2.05) is 4.90 Å². The minimum Gasteiger partial charge on any atom is -0.364 e. The largest absolute Gasteiger partial charge is 0.364 e. The second-order valence-electron chi connectivity index (χ2n) is 9.07. The van der Waals surface area contributed by atoms with Gasteiger partial charge in [0.05, 0.1) is 6.04 Å². The van der Waals surface area contributed by atoms with Crippen molar-refractivity contribution in [3.05, 3.63) is 53.5 Å². The van der Waals surface area contributed by atoms with Crippen LogP contribution in [0.5, 0.6) is 0 Å². The van der Waals surface area contributed by atoms with Crippen molar-refractivity contribution in [2.45, 2.75) is 44.8 Å². The number of carbonyl (C=O) groups is 2. The van der Waals surface area contributed by atoms with E-state index in [-0.39, 0.29) is 17.9 Å². The molecule has 0 saturated carbocycles. The van der Waals surface area contributed by atoms with Crippen molar-refractivity contribution in [1.82, 2.24) is 24.7 Å². The van der Waals surface area contributed by atoms with Gasteiger partial charge in [0.25, 0.3) is 5.91 Å². The van der Waals surface area contributed by atoms with Gasteiger partial charge in [0.2, 0.25) is 5.91 Å². The van der Waals surface area contributed by atoms with Gasteiger partial charge < -0.3 is 15.1 Å². The number of nitrogens with one attached hydrogen (secondary N) is 1. The molecule has 3 aliphatic heterocycles. The van der Waals surface area contributed by atoms with Crippen molar-refractivity contribution >= 4 is 17.6 Å². The average molecular weight is 435 g/mol. The molecule has 1 aromatic heterocycles. The second kappa shape index (κ2) is 8.86. The van der Waals surface area contributed by atoms with Gasteiger partial charge >= 0.3 is 0 Å². The Bertz CT molecular complexity index is 997. The van der Waals surface area contributed by atoms with Gasteiger partial charge in [-0.05, 0) is 30.4 Å². The Morgan fingerprint density at radius 3 is 2.50 bits per heavy atom. The molecule has 0 unspecified atom stereocenters. The quantitative estimate of drug-likeness (QED) is 0.790. The van der Waals surface area contributed by atoms with E-state index in [4.69, 9.17) is 0 Å². The first-order valence-electron chi connectivity index (χ1n) is 11.5. The Morgan fingerprint density at radius 1 is 1.00 bits per heavy atom. The third-order valence-corrected chi connectivity index (χ3v) is 6.99. The number of likely N-dealkylation sites (tertiary alicyclic amines) is 2. The molecule has 0 atom stereocenters. The Labute approximate surface area is 188 Å². The van der Waals surface area contributed by atoms with Crippen molar-refractivity contribution in [1.29, 1.82) is 0 Å². The topological polar surface area (TPSA) is 81.7 Å². The zero-order valence-corrected chi connectivity index (χ0v) is 18.5. The molecule has 32 heavy (non-hydrogen) atoms. The molecule has 2 fully saturated rings. The van der Waals surface area contributed by atoms with Crippen LogP contribution in [0.4, 0.5) is 5.82 Å². The highest BCUT2D eigenvalue weighted by Gasteiger charge is 2.31. The second-order valence-corrected chi connectivity index (χ2v) is 9.07. The molecular weight excluding hydrogens is 404 g/mol. The summed E-state index contributed by atoms with van der Waals surface area (Å²) in [5.41, 5.74) is 3.34. The number of anilines is 1. The number of fused-ring (bicyclic) bond motifs is 1. The Kier molecular flexibility index (Phi) is 5.78. The summed E-state index contributed by atoms with van der Waals surface area (Å²) in [6.07, 6.45) is 4.53. The molecule has 4 heterocycles. The SMILES string of the molecule is CC(=O)N1CC(Nc2cc(C(=O)N3CCC(N4CCc5ccccc5C4)CC3)ncn2)C1. The molecule has 0 spiro atoms. The Hall–Kier alpha value is -3.00. The Morgan fingerprint density at radius 2 is 1.75 bits per heavy atom. The van der Waals surface area contributed by atoms with E-state index in [2.05, 4.69) is 44.5 Å². The van der Waals surface area contributed by atoms with Gasteiger partial charge in [-0.1, -0.05) is 24.3 Å². The molecule has 1 N–H and O–H groups in total. The van der Waals surface area contributed by atoms with E-state index < -0.39 is 0 Å². The lowest BCUT2D eigenvalue weighted by molar-refractivity contribution is -0.132.